The van der Waals surface area contributed by atoms with Gasteiger partial charge in [-0.3, -0.25) is 9.89 Å². The molecule has 19 heavy (non-hydrogen) atoms. The standard InChI is InChI=1S/C13H22N4OS/c1-8(2)11-15-12(17-16-11)13(18)14-9-4-6-10(19-3)7-5-9/h8-10H,4-7H2,1-3H3,(H,14,18)(H,15,16,17). The summed E-state index contributed by atoms with van der Waals surface area (Å²) in [6.45, 7) is 4.04. The molecule has 1 heterocycles. The SMILES string of the molecule is CSC1CCC(NC(=O)c2n[nH]c(C(C)C)n2)CC1. The van der Waals surface area contributed by atoms with Gasteiger partial charge in [-0.25, -0.2) is 4.98 Å². The van der Waals surface area contributed by atoms with Crippen molar-refractivity contribution < 1.29 is 4.79 Å². The second-order valence-electron chi connectivity index (χ2n) is 5.38. The number of carbonyl (C=O) groups is 1. The summed E-state index contributed by atoms with van der Waals surface area (Å²) in [5.41, 5.74) is 0. The molecule has 2 rings (SSSR count). The van der Waals surface area contributed by atoms with E-state index in [4.69, 9.17) is 0 Å². The van der Waals surface area contributed by atoms with E-state index in [1.807, 2.05) is 25.6 Å². The van der Waals surface area contributed by atoms with Crippen LogP contribution in [0.5, 0.6) is 0 Å². The lowest BCUT2D eigenvalue weighted by Gasteiger charge is -2.27. The number of H-pyrrole nitrogens is 1. The molecule has 2 N–H and O–H groups in total. The topological polar surface area (TPSA) is 70.7 Å². The summed E-state index contributed by atoms with van der Waals surface area (Å²) in [5, 5.41) is 10.6. The Bertz CT molecular complexity index is 424. The van der Waals surface area contributed by atoms with Crippen molar-refractivity contribution in [2.45, 2.75) is 56.7 Å². The second-order valence-corrected chi connectivity index (χ2v) is 6.52. The fraction of sp³-hybridized carbons (Fsp3) is 0.769. The number of aromatic amines is 1. The van der Waals surface area contributed by atoms with Crippen molar-refractivity contribution in [3.8, 4) is 0 Å². The van der Waals surface area contributed by atoms with Crippen molar-refractivity contribution in [1.82, 2.24) is 20.5 Å². The Morgan fingerprint density at radius 3 is 2.58 bits per heavy atom. The van der Waals surface area contributed by atoms with E-state index in [0.717, 1.165) is 23.9 Å². The molecule has 1 aliphatic carbocycles. The van der Waals surface area contributed by atoms with Gasteiger partial charge in [0, 0.05) is 17.2 Å². The van der Waals surface area contributed by atoms with Crippen molar-refractivity contribution in [2.75, 3.05) is 6.26 Å². The third-order valence-electron chi connectivity index (χ3n) is 3.60. The number of aromatic nitrogens is 3. The molecular formula is C13H22N4OS. The van der Waals surface area contributed by atoms with E-state index in [9.17, 15) is 4.79 Å². The van der Waals surface area contributed by atoms with Gasteiger partial charge in [0.2, 0.25) is 5.82 Å². The zero-order chi connectivity index (χ0) is 13.8. The fourth-order valence-corrected chi connectivity index (χ4v) is 3.07. The molecule has 5 nitrogen and oxygen atoms in total. The maximum atomic E-state index is 12.0. The average Bonchev–Trinajstić information content (AvgIpc) is 2.89. The Morgan fingerprint density at radius 2 is 2.05 bits per heavy atom. The predicted octanol–water partition coefficient (Wildman–Crippen LogP) is 2.33. The van der Waals surface area contributed by atoms with Crippen molar-refractivity contribution in [3.63, 3.8) is 0 Å². The molecule has 0 aromatic carbocycles. The quantitative estimate of drug-likeness (QED) is 0.889. The number of carbonyl (C=O) groups excluding carboxylic acids is 1. The van der Waals surface area contributed by atoms with Crippen molar-refractivity contribution in [3.05, 3.63) is 11.6 Å². The van der Waals surface area contributed by atoms with Crippen LogP contribution in [0.1, 0.15) is 61.9 Å². The molecule has 6 heteroatoms. The summed E-state index contributed by atoms with van der Waals surface area (Å²) in [6.07, 6.45) is 6.62. The van der Waals surface area contributed by atoms with Gasteiger partial charge in [-0.2, -0.15) is 11.8 Å². The van der Waals surface area contributed by atoms with E-state index in [1.54, 1.807) is 0 Å². The van der Waals surface area contributed by atoms with E-state index in [2.05, 4.69) is 26.8 Å². The molecule has 1 amide bonds. The summed E-state index contributed by atoms with van der Waals surface area (Å²) < 4.78 is 0. The van der Waals surface area contributed by atoms with Crippen LogP contribution >= 0.6 is 11.8 Å². The van der Waals surface area contributed by atoms with Crippen molar-refractivity contribution >= 4 is 17.7 Å². The number of amides is 1. The zero-order valence-corrected chi connectivity index (χ0v) is 12.6. The first-order valence-electron chi connectivity index (χ1n) is 6.86. The van der Waals surface area contributed by atoms with E-state index in [-0.39, 0.29) is 23.7 Å². The Balaban J connectivity index is 1.87. The first-order valence-corrected chi connectivity index (χ1v) is 8.15. The molecule has 0 radical (unpaired) electrons. The van der Waals surface area contributed by atoms with Gasteiger partial charge in [0.25, 0.3) is 5.91 Å². The summed E-state index contributed by atoms with van der Waals surface area (Å²) in [5.74, 6) is 1.12. The molecule has 0 bridgehead atoms. The van der Waals surface area contributed by atoms with Gasteiger partial charge in [-0.1, -0.05) is 13.8 Å². The van der Waals surface area contributed by atoms with Crippen LogP contribution in [-0.4, -0.2) is 38.6 Å². The fourth-order valence-electron chi connectivity index (χ4n) is 2.33. The van der Waals surface area contributed by atoms with Crippen LogP contribution in [0.2, 0.25) is 0 Å². The molecular weight excluding hydrogens is 260 g/mol. The lowest BCUT2D eigenvalue weighted by molar-refractivity contribution is 0.0918. The van der Waals surface area contributed by atoms with Crippen LogP contribution in [0, 0.1) is 0 Å². The Morgan fingerprint density at radius 1 is 1.37 bits per heavy atom. The number of hydrogen-bond acceptors (Lipinski definition) is 4. The van der Waals surface area contributed by atoms with Gasteiger partial charge in [0.1, 0.15) is 5.82 Å². The van der Waals surface area contributed by atoms with Gasteiger partial charge >= 0.3 is 0 Å². The highest BCUT2D eigenvalue weighted by Crippen LogP contribution is 2.26. The summed E-state index contributed by atoms with van der Waals surface area (Å²) in [6, 6.07) is 0.275. The van der Waals surface area contributed by atoms with Crippen LogP contribution in [0.4, 0.5) is 0 Å². The van der Waals surface area contributed by atoms with Gasteiger partial charge in [-0.05, 0) is 31.9 Å². The molecule has 0 saturated heterocycles. The van der Waals surface area contributed by atoms with Gasteiger partial charge in [-0.15, -0.1) is 5.10 Å². The van der Waals surface area contributed by atoms with E-state index < -0.39 is 0 Å². The maximum Gasteiger partial charge on any atom is 0.291 e. The minimum Gasteiger partial charge on any atom is -0.347 e. The van der Waals surface area contributed by atoms with E-state index in [1.165, 1.54) is 12.8 Å². The molecule has 106 valence electrons. The normalized spacial score (nSPS) is 23.6. The third kappa shape index (κ3) is 3.72. The monoisotopic (exact) mass is 282 g/mol. The lowest BCUT2D eigenvalue weighted by atomic mass is 9.95. The molecule has 1 aromatic heterocycles. The largest absolute Gasteiger partial charge is 0.347 e. The summed E-state index contributed by atoms with van der Waals surface area (Å²) in [7, 11) is 0. The van der Waals surface area contributed by atoms with Gasteiger partial charge < -0.3 is 5.32 Å². The molecule has 1 saturated carbocycles. The van der Waals surface area contributed by atoms with Crippen molar-refractivity contribution in [2.24, 2.45) is 0 Å². The van der Waals surface area contributed by atoms with Crippen LogP contribution in [0.3, 0.4) is 0 Å². The molecule has 1 aromatic rings. The summed E-state index contributed by atoms with van der Waals surface area (Å²) in [4.78, 5) is 16.3. The number of nitrogens with zero attached hydrogens (tertiary/aromatic N) is 2. The third-order valence-corrected chi connectivity index (χ3v) is 4.73. The molecule has 0 atom stereocenters. The van der Waals surface area contributed by atoms with Crippen LogP contribution in [0.25, 0.3) is 0 Å². The van der Waals surface area contributed by atoms with Crippen LogP contribution < -0.4 is 5.32 Å². The predicted molar refractivity (Wildman–Crippen MR) is 77.5 cm³/mol. The minimum absolute atomic E-state index is 0.157. The first-order chi connectivity index (χ1) is 9.10. The molecule has 1 aliphatic rings. The zero-order valence-electron chi connectivity index (χ0n) is 11.8. The number of nitrogens with one attached hydrogen (secondary N) is 2. The molecule has 0 spiro atoms. The van der Waals surface area contributed by atoms with Crippen LogP contribution in [-0.2, 0) is 0 Å². The molecule has 0 aliphatic heterocycles. The highest BCUT2D eigenvalue weighted by Gasteiger charge is 2.23. The highest BCUT2D eigenvalue weighted by atomic mass is 32.2. The molecule has 1 fully saturated rings. The number of hydrogen-bond donors (Lipinski definition) is 2. The first kappa shape index (κ1) is 14.4. The summed E-state index contributed by atoms with van der Waals surface area (Å²) >= 11 is 1.93. The smallest absolute Gasteiger partial charge is 0.291 e. The number of thioether (sulfide) groups is 1. The van der Waals surface area contributed by atoms with Gasteiger partial charge in [0.05, 0.1) is 0 Å². The number of rotatable bonds is 4. The Kier molecular flexibility index (Phi) is 4.85. The Hall–Kier alpha value is -1.04. The van der Waals surface area contributed by atoms with E-state index >= 15 is 0 Å². The Labute approximate surface area is 118 Å². The molecule has 0 unspecified atom stereocenters. The second kappa shape index (κ2) is 6.41. The van der Waals surface area contributed by atoms with Crippen molar-refractivity contribution in [1.29, 1.82) is 0 Å². The average molecular weight is 282 g/mol. The lowest BCUT2D eigenvalue weighted by Crippen LogP contribution is -2.38. The van der Waals surface area contributed by atoms with E-state index in [0.29, 0.717) is 0 Å². The highest BCUT2D eigenvalue weighted by molar-refractivity contribution is 7.99. The van der Waals surface area contributed by atoms with Gasteiger partial charge in [0.15, 0.2) is 0 Å². The minimum atomic E-state index is -0.157. The van der Waals surface area contributed by atoms with Crippen LogP contribution in [0.15, 0.2) is 0 Å². The maximum absolute atomic E-state index is 12.0.